The zero-order chi connectivity index (χ0) is 15.3. The van der Waals surface area contributed by atoms with E-state index in [2.05, 4.69) is 18.2 Å². The molecule has 0 bridgehead atoms. The average molecular weight is 288 g/mol. The van der Waals surface area contributed by atoms with E-state index in [0.717, 1.165) is 16.7 Å². The summed E-state index contributed by atoms with van der Waals surface area (Å²) >= 11 is 0. The molecular formula is C18H24O3. The van der Waals surface area contributed by atoms with Gasteiger partial charge in [0.2, 0.25) is 0 Å². The van der Waals surface area contributed by atoms with E-state index >= 15 is 0 Å². The molecule has 0 aliphatic carbocycles. The predicted molar refractivity (Wildman–Crippen MR) is 88.7 cm³/mol. The summed E-state index contributed by atoms with van der Waals surface area (Å²) in [6.45, 7) is 0.446. The zero-order valence-electron chi connectivity index (χ0n) is 12.3. The van der Waals surface area contributed by atoms with Crippen LogP contribution in [0.1, 0.15) is 36.0 Å². The molecule has 0 amide bonds. The van der Waals surface area contributed by atoms with E-state index in [4.69, 9.17) is 15.3 Å². The lowest BCUT2D eigenvalue weighted by Crippen LogP contribution is -1.83. The molecule has 1 rings (SSSR count). The highest BCUT2D eigenvalue weighted by Gasteiger charge is 1.95. The molecule has 0 aliphatic rings. The van der Waals surface area contributed by atoms with Crippen LogP contribution >= 0.6 is 0 Å². The monoisotopic (exact) mass is 288 g/mol. The molecule has 0 aromatic heterocycles. The molecule has 0 atom stereocenters. The Labute approximate surface area is 126 Å². The maximum atomic E-state index is 8.82. The Morgan fingerprint density at radius 2 is 0.857 bits per heavy atom. The van der Waals surface area contributed by atoms with E-state index in [9.17, 15) is 0 Å². The van der Waals surface area contributed by atoms with Crippen molar-refractivity contribution in [2.75, 3.05) is 19.8 Å². The standard InChI is InChI=1S/C18H24O3/c19-10-4-1-7-16-13-17(8-2-5-11-20)15-18(14-16)9-3-6-12-21/h1-3,7-9,13-15,19-21H,4-6,10-12H2/b7-1+,8-2+,9-3+. The van der Waals surface area contributed by atoms with Crippen molar-refractivity contribution in [3.8, 4) is 0 Å². The number of rotatable bonds is 9. The van der Waals surface area contributed by atoms with Crippen molar-refractivity contribution in [3.05, 3.63) is 53.1 Å². The third-order valence-corrected chi connectivity index (χ3v) is 2.82. The molecule has 1 aromatic rings. The second kappa shape index (κ2) is 11.0. The van der Waals surface area contributed by atoms with E-state index in [1.807, 2.05) is 36.5 Å². The number of benzene rings is 1. The Morgan fingerprint density at radius 3 is 1.10 bits per heavy atom. The van der Waals surface area contributed by atoms with Gasteiger partial charge in [-0.05, 0) is 54.2 Å². The van der Waals surface area contributed by atoms with Gasteiger partial charge in [-0.1, -0.05) is 36.5 Å². The molecule has 1 aromatic carbocycles. The first kappa shape index (κ1) is 17.4. The van der Waals surface area contributed by atoms with Gasteiger partial charge in [0, 0.05) is 19.8 Å². The van der Waals surface area contributed by atoms with Crippen LogP contribution in [0, 0.1) is 0 Å². The second-order valence-electron chi connectivity index (χ2n) is 4.68. The summed E-state index contributed by atoms with van der Waals surface area (Å²) in [7, 11) is 0. The molecular weight excluding hydrogens is 264 g/mol. The molecule has 3 N–H and O–H groups in total. The van der Waals surface area contributed by atoms with E-state index < -0.39 is 0 Å². The lowest BCUT2D eigenvalue weighted by molar-refractivity contribution is 0.302. The summed E-state index contributed by atoms with van der Waals surface area (Å²) in [6.07, 6.45) is 13.7. The summed E-state index contributed by atoms with van der Waals surface area (Å²) in [5.74, 6) is 0. The van der Waals surface area contributed by atoms with Crippen LogP contribution in [0.25, 0.3) is 18.2 Å². The van der Waals surface area contributed by atoms with Crippen molar-refractivity contribution in [3.63, 3.8) is 0 Å². The van der Waals surface area contributed by atoms with Crippen LogP contribution in [0.3, 0.4) is 0 Å². The van der Waals surface area contributed by atoms with Gasteiger partial charge in [-0.25, -0.2) is 0 Å². The number of hydrogen-bond donors (Lipinski definition) is 3. The summed E-state index contributed by atoms with van der Waals surface area (Å²) < 4.78 is 0. The van der Waals surface area contributed by atoms with Crippen LogP contribution in [-0.4, -0.2) is 35.1 Å². The van der Waals surface area contributed by atoms with Crippen molar-refractivity contribution in [2.24, 2.45) is 0 Å². The fourth-order valence-corrected chi connectivity index (χ4v) is 1.87. The Balaban J connectivity index is 2.95. The number of hydrogen-bond acceptors (Lipinski definition) is 3. The Hall–Kier alpha value is -1.68. The van der Waals surface area contributed by atoms with Crippen LogP contribution in [0.4, 0.5) is 0 Å². The molecule has 0 saturated carbocycles. The molecule has 0 radical (unpaired) electrons. The van der Waals surface area contributed by atoms with Crippen LogP contribution in [0.15, 0.2) is 36.4 Å². The van der Waals surface area contributed by atoms with Crippen molar-refractivity contribution in [1.82, 2.24) is 0 Å². The average Bonchev–Trinajstić information content (AvgIpc) is 2.48. The van der Waals surface area contributed by atoms with Gasteiger partial charge in [-0.2, -0.15) is 0 Å². The Bertz CT molecular complexity index is 403. The molecule has 0 unspecified atom stereocenters. The molecule has 0 saturated heterocycles. The summed E-state index contributed by atoms with van der Waals surface area (Å²) in [5.41, 5.74) is 3.20. The van der Waals surface area contributed by atoms with Crippen LogP contribution in [0.2, 0.25) is 0 Å². The van der Waals surface area contributed by atoms with Crippen LogP contribution in [0.5, 0.6) is 0 Å². The largest absolute Gasteiger partial charge is 0.396 e. The maximum Gasteiger partial charge on any atom is 0.0465 e. The van der Waals surface area contributed by atoms with E-state index in [0.29, 0.717) is 19.3 Å². The fraction of sp³-hybridized carbons (Fsp3) is 0.333. The summed E-state index contributed by atoms with van der Waals surface area (Å²) in [4.78, 5) is 0. The highest BCUT2D eigenvalue weighted by atomic mass is 16.3. The van der Waals surface area contributed by atoms with Gasteiger partial charge < -0.3 is 15.3 Å². The molecule has 0 heterocycles. The number of aliphatic hydroxyl groups is 3. The van der Waals surface area contributed by atoms with Gasteiger partial charge in [-0.3, -0.25) is 0 Å². The first-order valence-electron chi connectivity index (χ1n) is 7.27. The third kappa shape index (κ3) is 7.61. The third-order valence-electron chi connectivity index (χ3n) is 2.82. The minimum Gasteiger partial charge on any atom is -0.396 e. The number of aliphatic hydroxyl groups excluding tert-OH is 3. The summed E-state index contributed by atoms with van der Waals surface area (Å²) in [5, 5.41) is 26.5. The highest BCUT2D eigenvalue weighted by Crippen LogP contribution is 2.16. The maximum absolute atomic E-state index is 8.82. The summed E-state index contributed by atoms with van der Waals surface area (Å²) in [6, 6.07) is 6.18. The minimum atomic E-state index is 0.149. The van der Waals surface area contributed by atoms with Crippen molar-refractivity contribution in [1.29, 1.82) is 0 Å². The van der Waals surface area contributed by atoms with Crippen molar-refractivity contribution < 1.29 is 15.3 Å². The van der Waals surface area contributed by atoms with Crippen LogP contribution in [-0.2, 0) is 0 Å². The normalized spacial score (nSPS) is 12.1. The fourth-order valence-electron chi connectivity index (χ4n) is 1.87. The Kier molecular flexibility index (Phi) is 9.13. The zero-order valence-corrected chi connectivity index (χ0v) is 12.3. The van der Waals surface area contributed by atoms with Gasteiger partial charge in [-0.15, -0.1) is 0 Å². The predicted octanol–water partition coefficient (Wildman–Crippen LogP) is 2.87. The lowest BCUT2D eigenvalue weighted by atomic mass is 10.0. The molecule has 114 valence electrons. The minimum absolute atomic E-state index is 0.149. The van der Waals surface area contributed by atoms with Gasteiger partial charge >= 0.3 is 0 Å². The van der Waals surface area contributed by atoms with E-state index in [-0.39, 0.29) is 19.8 Å². The molecule has 3 heteroatoms. The van der Waals surface area contributed by atoms with Crippen LogP contribution < -0.4 is 0 Å². The first-order valence-corrected chi connectivity index (χ1v) is 7.27. The molecule has 3 nitrogen and oxygen atoms in total. The smallest absolute Gasteiger partial charge is 0.0465 e. The quantitative estimate of drug-likeness (QED) is 0.655. The van der Waals surface area contributed by atoms with Gasteiger partial charge in [0.25, 0.3) is 0 Å². The van der Waals surface area contributed by atoms with Gasteiger partial charge in [0.1, 0.15) is 0 Å². The topological polar surface area (TPSA) is 60.7 Å². The van der Waals surface area contributed by atoms with Crippen molar-refractivity contribution >= 4 is 18.2 Å². The van der Waals surface area contributed by atoms with E-state index in [1.165, 1.54) is 0 Å². The molecule has 21 heavy (non-hydrogen) atoms. The first-order chi connectivity index (χ1) is 10.3. The second-order valence-corrected chi connectivity index (χ2v) is 4.68. The Morgan fingerprint density at radius 1 is 0.571 bits per heavy atom. The molecule has 0 aliphatic heterocycles. The molecule has 0 spiro atoms. The highest BCUT2D eigenvalue weighted by molar-refractivity contribution is 5.64. The van der Waals surface area contributed by atoms with E-state index in [1.54, 1.807) is 0 Å². The van der Waals surface area contributed by atoms with Crippen molar-refractivity contribution in [2.45, 2.75) is 19.3 Å². The SMILES string of the molecule is OCC/C=C/c1cc(/C=C/CCO)cc(/C=C/CCO)c1. The van der Waals surface area contributed by atoms with Gasteiger partial charge in [0.15, 0.2) is 0 Å². The lowest BCUT2D eigenvalue weighted by Gasteiger charge is -2.02. The van der Waals surface area contributed by atoms with Gasteiger partial charge in [0.05, 0.1) is 0 Å². The molecule has 0 fully saturated rings.